The summed E-state index contributed by atoms with van der Waals surface area (Å²) in [5.74, 6) is 0.666. The van der Waals surface area contributed by atoms with Crippen molar-refractivity contribution in [3.8, 4) is 0 Å². The molecule has 1 aromatic heterocycles. The van der Waals surface area contributed by atoms with Crippen LogP contribution in [0.5, 0.6) is 0 Å². The summed E-state index contributed by atoms with van der Waals surface area (Å²) in [5, 5.41) is 0. The Hall–Kier alpha value is -1.29. The SMILES string of the molecule is Cc1[nH]c(C(C)C)c(C)c1C(=O)N1CCCC1CN1CCCC1. The Bertz CT molecular complexity index is 569. The van der Waals surface area contributed by atoms with E-state index in [-0.39, 0.29) is 5.91 Å². The molecule has 0 aromatic carbocycles. The molecule has 1 unspecified atom stereocenters. The molecule has 0 radical (unpaired) electrons. The van der Waals surface area contributed by atoms with Gasteiger partial charge in [0, 0.05) is 30.5 Å². The molecule has 2 fully saturated rings. The second-order valence-electron chi connectivity index (χ2n) is 7.62. The van der Waals surface area contributed by atoms with E-state index >= 15 is 0 Å². The highest BCUT2D eigenvalue weighted by molar-refractivity contribution is 5.97. The summed E-state index contributed by atoms with van der Waals surface area (Å²) in [5.41, 5.74) is 4.31. The van der Waals surface area contributed by atoms with Gasteiger partial charge in [0.25, 0.3) is 5.91 Å². The number of hydrogen-bond donors (Lipinski definition) is 1. The van der Waals surface area contributed by atoms with Crippen molar-refractivity contribution in [2.24, 2.45) is 0 Å². The van der Waals surface area contributed by atoms with Crippen LogP contribution in [0.3, 0.4) is 0 Å². The Morgan fingerprint density at radius 2 is 1.87 bits per heavy atom. The lowest BCUT2D eigenvalue weighted by atomic mass is 10.0. The molecule has 1 aromatic rings. The van der Waals surface area contributed by atoms with Gasteiger partial charge < -0.3 is 14.8 Å². The summed E-state index contributed by atoms with van der Waals surface area (Å²) in [7, 11) is 0. The summed E-state index contributed by atoms with van der Waals surface area (Å²) in [6, 6.07) is 0.400. The van der Waals surface area contributed by atoms with E-state index in [0.717, 1.165) is 42.8 Å². The minimum absolute atomic E-state index is 0.241. The van der Waals surface area contributed by atoms with Crippen LogP contribution in [0.4, 0.5) is 0 Å². The number of nitrogens with zero attached hydrogens (tertiary/aromatic N) is 2. The number of hydrogen-bond acceptors (Lipinski definition) is 2. The first-order valence-corrected chi connectivity index (χ1v) is 9.21. The third kappa shape index (κ3) is 3.18. The van der Waals surface area contributed by atoms with Crippen molar-refractivity contribution in [2.45, 2.75) is 65.3 Å². The lowest BCUT2D eigenvalue weighted by Crippen LogP contribution is -2.42. The van der Waals surface area contributed by atoms with Gasteiger partial charge in [0.2, 0.25) is 0 Å². The molecule has 0 spiro atoms. The number of aromatic amines is 1. The number of H-pyrrole nitrogens is 1. The molecule has 23 heavy (non-hydrogen) atoms. The molecule has 1 atom stereocenters. The lowest BCUT2D eigenvalue weighted by molar-refractivity contribution is 0.0707. The van der Waals surface area contributed by atoms with Gasteiger partial charge in [-0.15, -0.1) is 0 Å². The third-order valence-corrected chi connectivity index (χ3v) is 5.57. The third-order valence-electron chi connectivity index (χ3n) is 5.57. The molecule has 0 bridgehead atoms. The molecule has 2 aliphatic rings. The van der Waals surface area contributed by atoms with Crippen LogP contribution in [0.2, 0.25) is 0 Å². The number of carbonyl (C=O) groups is 1. The van der Waals surface area contributed by atoms with Gasteiger partial charge in [0.15, 0.2) is 0 Å². The second kappa shape index (κ2) is 6.68. The standard InChI is InChI=1S/C19H31N3O/c1-13(2)18-14(3)17(15(4)20-18)19(23)22-11-7-8-16(22)12-21-9-5-6-10-21/h13,16,20H,5-12H2,1-4H3. The van der Waals surface area contributed by atoms with E-state index in [4.69, 9.17) is 0 Å². The normalized spacial score (nSPS) is 22.5. The first-order chi connectivity index (χ1) is 11.0. The second-order valence-corrected chi connectivity index (χ2v) is 7.62. The van der Waals surface area contributed by atoms with Crippen LogP contribution in [0.15, 0.2) is 0 Å². The molecule has 3 rings (SSSR count). The van der Waals surface area contributed by atoms with E-state index < -0.39 is 0 Å². The molecule has 2 saturated heterocycles. The Morgan fingerprint density at radius 3 is 2.48 bits per heavy atom. The number of likely N-dealkylation sites (tertiary alicyclic amines) is 2. The highest BCUT2D eigenvalue weighted by atomic mass is 16.2. The summed E-state index contributed by atoms with van der Waals surface area (Å²) in [6.45, 7) is 12.9. The molecule has 1 N–H and O–H groups in total. The van der Waals surface area contributed by atoms with Crippen LogP contribution >= 0.6 is 0 Å². The lowest BCUT2D eigenvalue weighted by Gasteiger charge is -2.29. The van der Waals surface area contributed by atoms with E-state index in [0.29, 0.717) is 12.0 Å². The molecule has 3 heterocycles. The Morgan fingerprint density at radius 1 is 1.17 bits per heavy atom. The molecule has 2 aliphatic heterocycles. The van der Waals surface area contributed by atoms with Crippen molar-refractivity contribution in [3.63, 3.8) is 0 Å². The van der Waals surface area contributed by atoms with Crippen molar-refractivity contribution in [3.05, 3.63) is 22.5 Å². The maximum absolute atomic E-state index is 13.2. The van der Waals surface area contributed by atoms with Crippen molar-refractivity contribution in [1.82, 2.24) is 14.8 Å². The van der Waals surface area contributed by atoms with Crippen LogP contribution in [-0.2, 0) is 0 Å². The maximum atomic E-state index is 13.2. The number of carbonyl (C=O) groups excluding carboxylic acids is 1. The summed E-state index contributed by atoms with van der Waals surface area (Å²) < 4.78 is 0. The Kier molecular flexibility index (Phi) is 4.81. The van der Waals surface area contributed by atoms with Gasteiger partial charge in [-0.1, -0.05) is 13.8 Å². The van der Waals surface area contributed by atoms with Crippen LogP contribution in [0.25, 0.3) is 0 Å². The fraction of sp³-hybridized carbons (Fsp3) is 0.737. The van der Waals surface area contributed by atoms with Crippen LogP contribution in [0.1, 0.15) is 72.8 Å². The monoisotopic (exact) mass is 317 g/mol. The Balaban J connectivity index is 1.79. The summed E-state index contributed by atoms with van der Waals surface area (Å²) in [4.78, 5) is 21.3. The Labute approximate surface area is 140 Å². The predicted molar refractivity (Wildman–Crippen MR) is 94.1 cm³/mol. The minimum Gasteiger partial charge on any atom is -0.361 e. The first-order valence-electron chi connectivity index (χ1n) is 9.21. The summed E-state index contributed by atoms with van der Waals surface area (Å²) >= 11 is 0. The molecule has 4 heteroatoms. The quantitative estimate of drug-likeness (QED) is 0.924. The predicted octanol–water partition coefficient (Wildman–Crippen LogP) is 3.46. The van der Waals surface area contributed by atoms with Gasteiger partial charge >= 0.3 is 0 Å². The van der Waals surface area contributed by atoms with E-state index in [1.54, 1.807) is 0 Å². The van der Waals surface area contributed by atoms with Crippen molar-refractivity contribution in [1.29, 1.82) is 0 Å². The number of amides is 1. The van der Waals surface area contributed by atoms with Crippen LogP contribution in [-0.4, -0.2) is 52.9 Å². The largest absolute Gasteiger partial charge is 0.361 e. The highest BCUT2D eigenvalue weighted by Crippen LogP contribution is 2.28. The van der Waals surface area contributed by atoms with Gasteiger partial charge in [0.1, 0.15) is 0 Å². The van der Waals surface area contributed by atoms with E-state index in [2.05, 4.69) is 35.6 Å². The fourth-order valence-electron chi connectivity index (χ4n) is 4.37. The zero-order valence-electron chi connectivity index (χ0n) is 15.1. The van der Waals surface area contributed by atoms with Crippen molar-refractivity contribution in [2.75, 3.05) is 26.2 Å². The summed E-state index contributed by atoms with van der Waals surface area (Å²) in [6.07, 6.45) is 4.93. The number of aryl methyl sites for hydroxylation is 1. The molecule has 1 amide bonds. The van der Waals surface area contributed by atoms with Gasteiger partial charge in [0.05, 0.1) is 5.56 Å². The molecular formula is C19H31N3O. The average Bonchev–Trinajstić information content (AvgIpc) is 3.20. The molecule has 0 saturated carbocycles. The molecule has 4 nitrogen and oxygen atoms in total. The van der Waals surface area contributed by atoms with Crippen LogP contribution in [0, 0.1) is 13.8 Å². The zero-order chi connectivity index (χ0) is 16.6. The molecule has 0 aliphatic carbocycles. The maximum Gasteiger partial charge on any atom is 0.256 e. The zero-order valence-corrected chi connectivity index (χ0v) is 15.1. The topological polar surface area (TPSA) is 39.3 Å². The van der Waals surface area contributed by atoms with Gasteiger partial charge in [-0.05, 0) is 64.1 Å². The van der Waals surface area contributed by atoms with Crippen molar-refractivity contribution >= 4 is 5.91 Å². The highest BCUT2D eigenvalue weighted by Gasteiger charge is 2.33. The smallest absolute Gasteiger partial charge is 0.256 e. The number of rotatable bonds is 4. The average molecular weight is 317 g/mol. The minimum atomic E-state index is 0.241. The molecular weight excluding hydrogens is 286 g/mol. The van der Waals surface area contributed by atoms with Crippen LogP contribution < -0.4 is 0 Å². The number of nitrogens with one attached hydrogen (secondary N) is 1. The van der Waals surface area contributed by atoms with Gasteiger partial charge in [-0.3, -0.25) is 4.79 Å². The fourth-order valence-corrected chi connectivity index (χ4v) is 4.37. The van der Waals surface area contributed by atoms with Gasteiger partial charge in [-0.25, -0.2) is 0 Å². The van der Waals surface area contributed by atoms with E-state index in [9.17, 15) is 4.79 Å². The van der Waals surface area contributed by atoms with E-state index in [1.807, 2.05) is 6.92 Å². The van der Waals surface area contributed by atoms with E-state index in [1.165, 1.54) is 31.6 Å². The van der Waals surface area contributed by atoms with Crippen molar-refractivity contribution < 1.29 is 4.79 Å². The first kappa shape index (κ1) is 16.6. The van der Waals surface area contributed by atoms with Gasteiger partial charge in [-0.2, -0.15) is 0 Å². The number of aromatic nitrogens is 1. The molecule has 128 valence electrons.